The average molecular weight is 327 g/mol. The van der Waals surface area contributed by atoms with Gasteiger partial charge in [0.1, 0.15) is 0 Å². The van der Waals surface area contributed by atoms with Gasteiger partial charge in [0, 0.05) is 16.8 Å². The molecule has 1 unspecified atom stereocenters. The molecule has 4 rings (SSSR count). The van der Waals surface area contributed by atoms with E-state index in [4.69, 9.17) is 0 Å². The Kier molecular flexibility index (Phi) is 4.12. The number of hydrogen-bond acceptors (Lipinski definition) is 2. The molecule has 2 heteroatoms. The number of rotatable bonds is 3. The van der Waals surface area contributed by atoms with E-state index in [-0.39, 0.29) is 12.6 Å². The first-order chi connectivity index (χ1) is 12.3. The van der Waals surface area contributed by atoms with E-state index in [0.717, 1.165) is 16.8 Å². The van der Waals surface area contributed by atoms with Gasteiger partial charge in [0.05, 0.1) is 12.6 Å². The summed E-state index contributed by atoms with van der Waals surface area (Å²) in [7, 11) is 0. The van der Waals surface area contributed by atoms with Gasteiger partial charge in [-0.25, -0.2) is 0 Å². The van der Waals surface area contributed by atoms with Gasteiger partial charge < -0.3 is 10.4 Å². The van der Waals surface area contributed by atoms with Crippen LogP contribution in [0, 0.1) is 0 Å². The van der Waals surface area contributed by atoms with Crippen molar-refractivity contribution in [1.82, 2.24) is 5.32 Å². The SMILES string of the molecule is CC1=CC=CC2=CC(CO)=C(c3ccccc3-c3ccccc3)NC12. The number of dihydropyridines is 1. The van der Waals surface area contributed by atoms with Crippen molar-refractivity contribution in [2.75, 3.05) is 6.61 Å². The van der Waals surface area contributed by atoms with Gasteiger partial charge >= 0.3 is 0 Å². The van der Waals surface area contributed by atoms with E-state index < -0.39 is 0 Å². The van der Waals surface area contributed by atoms with Crippen molar-refractivity contribution in [3.63, 3.8) is 0 Å². The first-order valence-electron chi connectivity index (χ1n) is 8.60. The van der Waals surface area contributed by atoms with Gasteiger partial charge in [0.15, 0.2) is 0 Å². The minimum Gasteiger partial charge on any atom is -0.392 e. The van der Waals surface area contributed by atoms with Crippen LogP contribution in [0.15, 0.2) is 95.6 Å². The summed E-state index contributed by atoms with van der Waals surface area (Å²) in [6.07, 6.45) is 8.43. The number of hydrogen-bond donors (Lipinski definition) is 2. The van der Waals surface area contributed by atoms with E-state index in [9.17, 15) is 5.11 Å². The smallest absolute Gasteiger partial charge is 0.0728 e. The zero-order valence-electron chi connectivity index (χ0n) is 14.2. The number of allylic oxidation sites excluding steroid dienone is 2. The molecule has 2 N–H and O–H groups in total. The first kappa shape index (κ1) is 15.7. The first-order valence-corrected chi connectivity index (χ1v) is 8.60. The van der Waals surface area contributed by atoms with Crippen molar-refractivity contribution in [3.05, 3.63) is 101 Å². The maximum absolute atomic E-state index is 9.96. The summed E-state index contributed by atoms with van der Waals surface area (Å²) in [6.45, 7) is 2.15. The van der Waals surface area contributed by atoms with E-state index >= 15 is 0 Å². The van der Waals surface area contributed by atoms with Crippen LogP contribution in [0.3, 0.4) is 0 Å². The maximum Gasteiger partial charge on any atom is 0.0728 e. The Balaban J connectivity index is 1.87. The van der Waals surface area contributed by atoms with Gasteiger partial charge in [-0.1, -0.05) is 72.8 Å². The summed E-state index contributed by atoms with van der Waals surface area (Å²) in [5.41, 5.74) is 7.88. The highest BCUT2D eigenvalue weighted by atomic mass is 16.3. The Morgan fingerprint density at radius 3 is 2.44 bits per heavy atom. The molecule has 1 atom stereocenters. The molecule has 0 spiro atoms. The summed E-state index contributed by atoms with van der Waals surface area (Å²) in [5.74, 6) is 0. The van der Waals surface area contributed by atoms with Crippen molar-refractivity contribution >= 4 is 5.70 Å². The van der Waals surface area contributed by atoms with Gasteiger partial charge in [0.2, 0.25) is 0 Å². The van der Waals surface area contributed by atoms with E-state index in [2.05, 4.69) is 79.0 Å². The molecule has 1 aliphatic heterocycles. The molecule has 0 bridgehead atoms. The molecule has 1 heterocycles. The van der Waals surface area contributed by atoms with Crippen LogP contribution in [0.5, 0.6) is 0 Å². The molecule has 2 aromatic rings. The van der Waals surface area contributed by atoms with Crippen molar-refractivity contribution in [2.45, 2.75) is 13.0 Å². The van der Waals surface area contributed by atoms with Crippen molar-refractivity contribution in [1.29, 1.82) is 0 Å². The minimum atomic E-state index is 0.0122. The van der Waals surface area contributed by atoms with E-state index in [0.29, 0.717) is 0 Å². The second-order valence-corrected chi connectivity index (χ2v) is 6.46. The fraction of sp³-hybridized carbons (Fsp3) is 0.130. The molecule has 0 amide bonds. The van der Waals surface area contributed by atoms with Crippen molar-refractivity contribution in [2.24, 2.45) is 0 Å². The Bertz CT molecular complexity index is 916. The molecular formula is C23H21NO. The quantitative estimate of drug-likeness (QED) is 0.872. The molecule has 2 nitrogen and oxygen atoms in total. The third-order valence-electron chi connectivity index (χ3n) is 4.84. The highest BCUT2D eigenvalue weighted by Crippen LogP contribution is 2.34. The fourth-order valence-electron chi connectivity index (χ4n) is 3.55. The zero-order valence-corrected chi connectivity index (χ0v) is 14.2. The normalized spacial score (nSPS) is 19.0. The number of aliphatic hydroxyl groups excluding tert-OH is 1. The Hall–Kier alpha value is -2.84. The lowest BCUT2D eigenvalue weighted by Crippen LogP contribution is -2.35. The van der Waals surface area contributed by atoms with Gasteiger partial charge in [-0.3, -0.25) is 0 Å². The zero-order chi connectivity index (χ0) is 17.2. The molecule has 0 aromatic heterocycles. The van der Waals surface area contributed by atoms with Gasteiger partial charge in [-0.05, 0) is 35.3 Å². The number of nitrogens with one attached hydrogen (secondary N) is 1. The van der Waals surface area contributed by atoms with Crippen LogP contribution >= 0.6 is 0 Å². The molecule has 2 aliphatic rings. The summed E-state index contributed by atoms with van der Waals surface area (Å²) in [4.78, 5) is 0. The second-order valence-electron chi connectivity index (χ2n) is 6.46. The molecule has 0 saturated heterocycles. The third kappa shape index (κ3) is 2.86. The highest BCUT2D eigenvalue weighted by molar-refractivity contribution is 5.84. The Morgan fingerprint density at radius 1 is 0.960 bits per heavy atom. The van der Waals surface area contributed by atoms with E-state index in [1.807, 2.05) is 12.1 Å². The van der Waals surface area contributed by atoms with Gasteiger partial charge in [-0.2, -0.15) is 0 Å². The lowest BCUT2D eigenvalue weighted by atomic mass is 9.86. The lowest BCUT2D eigenvalue weighted by molar-refractivity contribution is 0.334. The molecule has 124 valence electrons. The van der Waals surface area contributed by atoms with Crippen LogP contribution in [0.1, 0.15) is 12.5 Å². The van der Waals surface area contributed by atoms with Gasteiger partial charge in [-0.15, -0.1) is 0 Å². The van der Waals surface area contributed by atoms with Crippen LogP contribution < -0.4 is 5.32 Å². The van der Waals surface area contributed by atoms with Crippen molar-refractivity contribution < 1.29 is 5.11 Å². The topological polar surface area (TPSA) is 32.3 Å². The van der Waals surface area contributed by atoms with Crippen molar-refractivity contribution in [3.8, 4) is 11.1 Å². The number of benzene rings is 2. The monoisotopic (exact) mass is 327 g/mol. The van der Waals surface area contributed by atoms with Gasteiger partial charge in [0.25, 0.3) is 0 Å². The molecule has 1 aliphatic carbocycles. The van der Waals surface area contributed by atoms with Crippen LogP contribution in [0.25, 0.3) is 16.8 Å². The Labute approximate surface area is 148 Å². The predicted octanol–water partition coefficient (Wildman–Crippen LogP) is 4.47. The third-order valence-corrected chi connectivity index (χ3v) is 4.84. The minimum absolute atomic E-state index is 0.0122. The Morgan fingerprint density at radius 2 is 1.68 bits per heavy atom. The number of aliphatic hydroxyl groups is 1. The second kappa shape index (κ2) is 6.58. The van der Waals surface area contributed by atoms with Crippen LogP contribution in [-0.2, 0) is 0 Å². The molecule has 0 saturated carbocycles. The average Bonchev–Trinajstić information content (AvgIpc) is 2.68. The summed E-state index contributed by atoms with van der Waals surface area (Å²) in [5, 5.41) is 13.6. The summed E-state index contributed by atoms with van der Waals surface area (Å²) in [6, 6.07) is 18.9. The van der Waals surface area contributed by atoms with E-state index in [1.54, 1.807) is 0 Å². The summed E-state index contributed by atoms with van der Waals surface area (Å²) >= 11 is 0. The number of fused-ring (bicyclic) bond motifs is 1. The fourth-order valence-corrected chi connectivity index (χ4v) is 3.55. The standard InChI is InChI=1S/C23H21NO/c1-16-8-7-11-18-14-19(15-25)23(24-22(16)18)21-13-6-5-12-20(21)17-9-3-2-4-10-17/h2-14,22,24-25H,15H2,1H3. The van der Waals surface area contributed by atoms with E-state index in [1.165, 1.54) is 22.3 Å². The maximum atomic E-state index is 9.96. The molecule has 0 radical (unpaired) electrons. The lowest BCUT2D eigenvalue weighted by Gasteiger charge is -2.32. The molecule has 2 aromatic carbocycles. The summed E-state index contributed by atoms with van der Waals surface area (Å²) < 4.78 is 0. The molecule has 0 fully saturated rings. The molecule has 25 heavy (non-hydrogen) atoms. The van der Waals surface area contributed by atoms with Crippen LogP contribution in [0.4, 0.5) is 0 Å². The van der Waals surface area contributed by atoms with Crippen LogP contribution in [-0.4, -0.2) is 17.8 Å². The van der Waals surface area contributed by atoms with Crippen LogP contribution in [0.2, 0.25) is 0 Å². The highest BCUT2D eigenvalue weighted by Gasteiger charge is 2.25. The largest absolute Gasteiger partial charge is 0.392 e. The predicted molar refractivity (Wildman–Crippen MR) is 104 cm³/mol. The molecular weight excluding hydrogens is 306 g/mol.